The molecule has 1 saturated heterocycles. The Hall–Kier alpha value is -1.44. The molecule has 5 nitrogen and oxygen atoms in total. The number of hydrogen-bond acceptors (Lipinski definition) is 4. The van der Waals surface area contributed by atoms with Crippen LogP contribution < -0.4 is 0 Å². The molecule has 0 aromatic carbocycles. The third-order valence-corrected chi connectivity index (χ3v) is 6.11. The minimum atomic E-state index is -0.194. The monoisotopic (exact) mass is 408 g/mol. The van der Waals surface area contributed by atoms with E-state index in [4.69, 9.17) is 4.42 Å². The summed E-state index contributed by atoms with van der Waals surface area (Å²) >= 11 is 2.06. The van der Waals surface area contributed by atoms with Gasteiger partial charge in [0.25, 0.3) is 11.8 Å². The molecule has 4 aliphatic carbocycles. The summed E-state index contributed by atoms with van der Waals surface area (Å²) in [7, 11) is 0. The van der Waals surface area contributed by atoms with Gasteiger partial charge in [0.15, 0.2) is 3.77 Å². The molecule has 6 atom stereocenters. The molecular weight excluding hydrogens is 395 g/mol. The zero-order chi connectivity index (χ0) is 15.0. The van der Waals surface area contributed by atoms with Gasteiger partial charge in [-0.05, 0) is 64.8 Å². The van der Waals surface area contributed by atoms with Crippen molar-refractivity contribution >= 4 is 40.6 Å². The molecule has 112 valence electrons. The second-order valence-corrected chi connectivity index (χ2v) is 7.59. The quantitative estimate of drug-likeness (QED) is 0.327. The minimum Gasteiger partial charge on any atom is -0.449 e. The van der Waals surface area contributed by atoms with Gasteiger partial charge in [-0.25, -0.2) is 0 Å². The van der Waals surface area contributed by atoms with E-state index in [1.165, 1.54) is 12.6 Å². The van der Waals surface area contributed by atoms with E-state index in [-0.39, 0.29) is 35.5 Å². The van der Waals surface area contributed by atoms with Gasteiger partial charge in [0, 0.05) is 0 Å². The van der Waals surface area contributed by atoms with E-state index in [1.807, 2.05) is 6.07 Å². The van der Waals surface area contributed by atoms with Crippen LogP contribution in [0.3, 0.4) is 0 Å². The molecule has 2 heterocycles. The molecule has 0 spiro atoms. The summed E-state index contributed by atoms with van der Waals surface area (Å²) in [4.78, 5) is 25.3. The molecule has 1 aromatic heterocycles. The van der Waals surface area contributed by atoms with E-state index in [0.29, 0.717) is 17.6 Å². The van der Waals surface area contributed by atoms with E-state index in [1.54, 1.807) is 6.07 Å². The number of amides is 2. The SMILES string of the molecule is O=C1[C@@H]2[C@H]3C=C[C@@H]([C@@H]4C[C@H]34)[C@@H]2C(=O)N1N=Cc1ccc(I)o1. The molecule has 5 aliphatic rings. The van der Waals surface area contributed by atoms with Crippen molar-refractivity contribution in [3.05, 3.63) is 33.8 Å². The lowest BCUT2D eigenvalue weighted by Gasteiger charge is -2.37. The van der Waals surface area contributed by atoms with Crippen LogP contribution in [0.5, 0.6) is 0 Å². The lowest BCUT2D eigenvalue weighted by Crippen LogP contribution is -2.40. The number of imide groups is 1. The van der Waals surface area contributed by atoms with Crippen molar-refractivity contribution < 1.29 is 14.0 Å². The Balaban J connectivity index is 1.46. The van der Waals surface area contributed by atoms with Crippen molar-refractivity contribution in [2.75, 3.05) is 0 Å². The number of carbonyl (C=O) groups is 2. The smallest absolute Gasteiger partial charge is 0.254 e. The van der Waals surface area contributed by atoms with Crippen molar-refractivity contribution in [2.24, 2.45) is 40.6 Å². The Morgan fingerprint density at radius 3 is 2.32 bits per heavy atom. The number of carbonyl (C=O) groups excluding carboxylic acids is 2. The molecule has 2 amide bonds. The fourth-order valence-corrected chi connectivity index (χ4v) is 5.00. The summed E-state index contributed by atoms with van der Waals surface area (Å²) in [6, 6.07) is 3.58. The van der Waals surface area contributed by atoms with Crippen molar-refractivity contribution in [1.82, 2.24) is 5.01 Å². The van der Waals surface area contributed by atoms with E-state index < -0.39 is 0 Å². The molecule has 6 heteroatoms. The highest BCUT2D eigenvalue weighted by Crippen LogP contribution is 2.65. The molecule has 1 aromatic rings. The molecule has 2 bridgehead atoms. The van der Waals surface area contributed by atoms with Crippen molar-refractivity contribution in [2.45, 2.75) is 6.42 Å². The van der Waals surface area contributed by atoms with E-state index in [9.17, 15) is 9.59 Å². The third-order valence-electron chi connectivity index (χ3n) is 5.53. The van der Waals surface area contributed by atoms with Gasteiger partial charge in [0.05, 0.1) is 18.1 Å². The normalized spacial score (nSPS) is 41.4. The Bertz CT molecular complexity index is 716. The van der Waals surface area contributed by atoms with Crippen LogP contribution in [0.4, 0.5) is 0 Å². The topological polar surface area (TPSA) is 62.9 Å². The summed E-state index contributed by atoms with van der Waals surface area (Å²) < 4.78 is 6.13. The zero-order valence-corrected chi connectivity index (χ0v) is 13.7. The van der Waals surface area contributed by atoms with Gasteiger partial charge < -0.3 is 4.42 Å². The molecular formula is C16H13IN2O3. The number of allylic oxidation sites excluding steroid dienone is 2. The van der Waals surface area contributed by atoms with Crippen LogP contribution >= 0.6 is 22.6 Å². The van der Waals surface area contributed by atoms with Crippen LogP contribution in [-0.2, 0) is 9.59 Å². The summed E-state index contributed by atoms with van der Waals surface area (Å²) in [6.07, 6.45) is 6.94. The first kappa shape index (κ1) is 13.0. The van der Waals surface area contributed by atoms with E-state index in [2.05, 4.69) is 39.8 Å². The fraction of sp³-hybridized carbons (Fsp3) is 0.438. The molecule has 1 aliphatic heterocycles. The molecule has 22 heavy (non-hydrogen) atoms. The summed E-state index contributed by atoms with van der Waals surface area (Å²) in [5.41, 5.74) is 0. The first-order valence-corrected chi connectivity index (χ1v) is 8.58. The largest absolute Gasteiger partial charge is 0.449 e. The zero-order valence-electron chi connectivity index (χ0n) is 11.6. The second-order valence-electron chi connectivity index (χ2n) is 6.53. The molecule has 0 N–H and O–H groups in total. The highest BCUT2D eigenvalue weighted by atomic mass is 127. The summed E-state index contributed by atoms with van der Waals surface area (Å²) in [5.74, 6) is 1.58. The molecule has 2 saturated carbocycles. The Morgan fingerprint density at radius 1 is 1.14 bits per heavy atom. The lowest BCUT2D eigenvalue weighted by molar-refractivity contribution is -0.140. The lowest BCUT2D eigenvalue weighted by atomic mass is 9.63. The maximum atomic E-state index is 12.7. The maximum absolute atomic E-state index is 12.7. The Kier molecular flexibility index (Phi) is 2.55. The van der Waals surface area contributed by atoms with E-state index in [0.717, 1.165) is 8.78 Å². The molecule has 0 unspecified atom stereocenters. The van der Waals surface area contributed by atoms with Gasteiger partial charge in [-0.2, -0.15) is 10.1 Å². The number of furan rings is 1. The highest BCUT2D eigenvalue weighted by Gasteiger charge is 2.67. The van der Waals surface area contributed by atoms with Gasteiger partial charge in [-0.3, -0.25) is 9.59 Å². The molecule has 6 rings (SSSR count). The van der Waals surface area contributed by atoms with Crippen LogP contribution in [0.2, 0.25) is 0 Å². The van der Waals surface area contributed by atoms with Crippen LogP contribution in [0.15, 0.2) is 33.8 Å². The summed E-state index contributed by atoms with van der Waals surface area (Å²) in [6.45, 7) is 0. The standard InChI is InChI=1S/C16H13IN2O3/c17-12-4-1-7(22-12)6-18-19-15(20)13-8-2-3-9(11-5-10(8)11)14(13)16(19)21/h1-4,6,8-11,13-14H,5H2/t8-,9-,10-,11+,13-,14+/m0/s1. The molecule has 3 fully saturated rings. The average Bonchev–Trinajstić information content (AvgIpc) is 3.19. The fourth-order valence-electron chi connectivity index (χ4n) is 4.57. The van der Waals surface area contributed by atoms with E-state index >= 15 is 0 Å². The Labute approximate surface area is 140 Å². The number of rotatable bonds is 2. The maximum Gasteiger partial charge on any atom is 0.254 e. The van der Waals surface area contributed by atoms with Gasteiger partial charge in [0.2, 0.25) is 0 Å². The Morgan fingerprint density at radius 2 is 1.77 bits per heavy atom. The average molecular weight is 408 g/mol. The predicted octanol–water partition coefficient (Wildman–Crippen LogP) is 2.27. The van der Waals surface area contributed by atoms with Crippen molar-refractivity contribution in [3.63, 3.8) is 0 Å². The van der Waals surface area contributed by atoms with Crippen LogP contribution in [-0.4, -0.2) is 23.0 Å². The van der Waals surface area contributed by atoms with Crippen LogP contribution in [0.25, 0.3) is 0 Å². The van der Waals surface area contributed by atoms with Gasteiger partial charge >= 0.3 is 0 Å². The predicted molar refractivity (Wildman–Crippen MR) is 85.6 cm³/mol. The van der Waals surface area contributed by atoms with Gasteiger partial charge in [-0.15, -0.1) is 0 Å². The number of nitrogens with zero attached hydrogens (tertiary/aromatic N) is 2. The van der Waals surface area contributed by atoms with Gasteiger partial charge in [-0.1, -0.05) is 12.2 Å². The third kappa shape index (κ3) is 1.61. The number of hydrazone groups is 1. The first-order chi connectivity index (χ1) is 10.6. The van der Waals surface area contributed by atoms with Crippen LogP contribution in [0, 0.1) is 39.3 Å². The highest BCUT2D eigenvalue weighted by molar-refractivity contribution is 14.1. The second kappa shape index (κ2) is 4.31. The molecule has 0 radical (unpaired) electrons. The summed E-state index contributed by atoms with van der Waals surface area (Å²) in [5, 5.41) is 5.19. The number of hydrogen-bond donors (Lipinski definition) is 0. The minimum absolute atomic E-state index is 0.141. The van der Waals surface area contributed by atoms with Gasteiger partial charge in [0.1, 0.15) is 5.76 Å². The first-order valence-electron chi connectivity index (χ1n) is 7.50. The number of halogens is 1. The van der Waals surface area contributed by atoms with Crippen LogP contribution in [0.1, 0.15) is 12.2 Å². The van der Waals surface area contributed by atoms with Crippen molar-refractivity contribution in [1.29, 1.82) is 0 Å². The van der Waals surface area contributed by atoms with Crippen molar-refractivity contribution in [3.8, 4) is 0 Å².